The number of hydrogen-bond donors (Lipinski definition) is 0. The van der Waals surface area contributed by atoms with Crippen LogP contribution in [0.5, 0.6) is 5.75 Å². The molecule has 0 spiro atoms. The van der Waals surface area contributed by atoms with Gasteiger partial charge in [-0.25, -0.2) is 8.78 Å². The fourth-order valence-electron chi connectivity index (χ4n) is 5.37. The maximum atomic E-state index is 14.0. The molecule has 0 saturated heterocycles. The highest BCUT2D eigenvalue weighted by molar-refractivity contribution is 5.33. The molecule has 6 heteroatoms. The lowest BCUT2D eigenvalue weighted by atomic mass is 9.74. The molecule has 2 saturated carbocycles. The first kappa shape index (κ1) is 24.1. The van der Waals surface area contributed by atoms with Crippen LogP contribution in [0.15, 0.2) is 24.3 Å². The average Bonchev–Trinajstić information content (AvgIpc) is 2.73. The van der Waals surface area contributed by atoms with E-state index < -0.39 is 23.7 Å². The molecule has 2 aliphatic rings. The van der Waals surface area contributed by atoms with Crippen LogP contribution < -0.4 is 4.74 Å². The third kappa shape index (κ3) is 7.21. The molecule has 1 nitrogen and oxygen atoms in total. The van der Waals surface area contributed by atoms with E-state index in [2.05, 4.69) is 23.8 Å². The molecule has 2 fully saturated rings. The van der Waals surface area contributed by atoms with Gasteiger partial charge in [-0.05, 0) is 93.2 Å². The molecule has 1 aromatic rings. The van der Waals surface area contributed by atoms with Crippen molar-refractivity contribution >= 4 is 0 Å². The zero-order valence-electron chi connectivity index (χ0n) is 18.2. The van der Waals surface area contributed by atoms with Gasteiger partial charge in [0.25, 0.3) is 0 Å². The van der Waals surface area contributed by atoms with Gasteiger partial charge in [0, 0.05) is 0 Å². The molecule has 3 rings (SSSR count). The first-order valence-electron chi connectivity index (χ1n) is 11.6. The summed E-state index contributed by atoms with van der Waals surface area (Å²) in [6, 6.07) is 2.00. The zero-order chi connectivity index (χ0) is 22.4. The topological polar surface area (TPSA) is 9.23 Å². The van der Waals surface area contributed by atoms with Crippen molar-refractivity contribution in [3.63, 3.8) is 0 Å². The predicted molar refractivity (Wildman–Crippen MR) is 112 cm³/mol. The SMILES string of the molecule is C/C=C/CC1CCC(CCC2CCC(c3cc(F)c(OC(F)(F)F)c(F)c3)CC2)CC1. The molecule has 0 aliphatic heterocycles. The van der Waals surface area contributed by atoms with E-state index in [-0.39, 0.29) is 5.92 Å². The summed E-state index contributed by atoms with van der Waals surface area (Å²) in [7, 11) is 0. The lowest BCUT2D eigenvalue weighted by Crippen LogP contribution is -2.20. The number of hydrogen-bond acceptors (Lipinski definition) is 1. The van der Waals surface area contributed by atoms with E-state index in [1.807, 2.05) is 0 Å². The molecule has 0 radical (unpaired) electrons. The number of benzene rings is 1. The Labute approximate surface area is 182 Å². The molecule has 0 heterocycles. The predicted octanol–water partition coefficient (Wildman–Crippen LogP) is 8.69. The first-order chi connectivity index (χ1) is 14.7. The minimum Gasteiger partial charge on any atom is -0.399 e. The molecular formula is C25H33F5O. The van der Waals surface area contributed by atoms with Crippen LogP contribution in [0, 0.1) is 29.4 Å². The molecule has 1 aromatic carbocycles. The van der Waals surface area contributed by atoms with Crippen molar-refractivity contribution in [3.05, 3.63) is 41.5 Å². The van der Waals surface area contributed by atoms with E-state index in [0.717, 1.165) is 49.7 Å². The highest BCUT2D eigenvalue weighted by Gasteiger charge is 2.35. The number of rotatable bonds is 7. The highest BCUT2D eigenvalue weighted by Crippen LogP contribution is 2.41. The van der Waals surface area contributed by atoms with Gasteiger partial charge in [-0.3, -0.25) is 0 Å². The Balaban J connectivity index is 1.44. The van der Waals surface area contributed by atoms with Crippen molar-refractivity contribution < 1.29 is 26.7 Å². The van der Waals surface area contributed by atoms with Gasteiger partial charge in [0.15, 0.2) is 11.6 Å². The minimum absolute atomic E-state index is 0.0118. The van der Waals surface area contributed by atoms with Crippen molar-refractivity contribution in [2.45, 2.75) is 89.8 Å². The molecule has 31 heavy (non-hydrogen) atoms. The van der Waals surface area contributed by atoms with E-state index in [1.165, 1.54) is 44.9 Å². The Hall–Kier alpha value is -1.59. The summed E-state index contributed by atoms with van der Waals surface area (Å²) in [5.74, 6) is -1.66. The first-order valence-corrected chi connectivity index (χ1v) is 11.6. The van der Waals surface area contributed by atoms with Crippen LogP contribution >= 0.6 is 0 Å². The van der Waals surface area contributed by atoms with Gasteiger partial charge in [0.2, 0.25) is 5.75 Å². The van der Waals surface area contributed by atoms with Crippen LogP contribution in [0.25, 0.3) is 0 Å². The van der Waals surface area contributed by atoms with E-state index in [9.17, 15) is 22.0 Å². The van der Waals surface area contributed by atoms with Gasteiger partial charge < -0.3 is 4.74 Å². The molecular weight excluding hydrogens is 411 g/mol. The standard InChI is InChI=1S/C25H33F5O/c1-2-3-4-17-5-7-18(8-6-17)9-10-19-11-13-20(14-12-19)21-15-22(26)24(23(27)16-21)31-25(28,29)30/h2-3,15-20H,4-14H2,1H3/b3-2+. The van der Waals surface area contributed by atoms with Crippen LogP contribution in [-0.4, -0.2) is 6.36 Å². The van der Waals surface area contributed by atoms with Crippen LogP contribution in [0.4, 0.5) is 22.0 Å². The van der Waals surface area contributed by atoms with Crippen LogP contribution in [0.1, 0.15) is 89.0 Å². The Morgan fingerprint density at radius 3 is 1.81 bits per heavy atom. The average molecular weight is 445 g/mol. The summed E-state index contributed by atoms with van der Waals surface area (Å²) in [6.45, 7) is 2.07. The summed E-state index contributed by atoms with van der Waals surface area (Å²) < 4.78 is 68.5. The minimum atomic E-state index is -5.12. The van der Waals surface area contributed by atoms with Crippen molar-refractivity contribution in [2.75, 3.05) is 0 Å². The molecule has 0 atom stereocenters. The van der Waals surface area contributed by atoms with Gasteiger partial charge in [-0.1, -0.05) is 37.8 Å². The normalized spacial score (nSPS) is 27.5. The molecule has 0 bridgehead atoms. The lowest BCUT2D eigenvalue weighted by Gasteiger charge is -2.32. The Bertz CT molecular complexity index is 703. The maximum absolute atomic E-state index is 14.0. The zero-order valence-corrected chi connectivity index (χ0v) is 18.2. The lowest BCUT2D eigenvalue weighted by molar-refractivity contribution is -0.276. The highest BCUT2D eigenvalue weighted by atomic mass is 19.4. The fourth-order valence-corrected chi connectivity index (χ4v) is 5.37. The summed E-state index contributed by atoms with van der Waals surface area (Å²) in [5.41, 5.74) is 0.433. The van der Waals surface area contributed by atoms with Crippen LogP contribution in [0.2, 0.25) is 0 Å². The van der Waals surface area contributed by atoms with Crippen molar-refractivity contribution in [1.29, 1.82) is 0 Å². The van der Waals surface area contributed by atoms with Gasteiger partial charge in [-0.15, -0.1) is 13.2 Å². The number of halogens is 5. The van der Waals surface area contributed by atoms with E-state index >= 15 is 0 Å². The number of allylic oxidation sites excluding steroid dienone is 2. The summed E-state index contributed by atoms with van der Waals surface area (Å²) in [6.07, 6.45) is 11.9. The van der Waals surface area contributed by atoms with Gasteiger partial charge in [0.1, 0.15) is 0 Å². The molecule has 0 N–H and O–H groups in total. The van der Waals surface area contributed by atoms with Crippen molar-refractivity contribution in [3.8, 4) is 5.75 Å². The van der Waals surface area contributed by atoms with Crippen molar-refractivity contribution in [1.82, 2.24) is 0 Å². The molecule has 174 valence electrons. The van der Waals surface area contributed by atoms with Gasteiger partial charge >= 0.3 is 6.36 Å². The van der Waals surface area contributed by atoms with Crippen molar-refractivity contribution in [2.24, 2.45) is 17.8 Å². The van der Waals surface area contributed by atoms with Crippen LogP contribution in [0.3, 0.4) is 0 Å². The van der Waals surface area contributed by atoms with Gasteiger partial charge in [-0.2, -0.15) is 0 Å². The van der Waals surface area contributed by atoms with E-state index in [4.69, 9.17) is 0 Å². The molecule has 0 unspecified atom stereocenters. The fraction of sp³-hybridized carbons (Fsp3) is 0.680. The smallest absolute Gasteiger partial charge is 0.399 e. The summed E-state index contributed by atoms with van der Waals surface area (Å²) in [4.78, 5) is 0. The second kappa shape index (κ2) is 10.8. The molecule has 2 aliphatic carbocycles. The van der Waals surface area contributed by atoms with E-state index in [0.29, 0.717) is 11.5 Å². The largest absolute Gasteiger partial charge is 0.573 e. The van der Waals surface area contributed by atoms with Crippen LogP contribution in [-0.2, 0) is 0 Å². The second-order valence-electron chi connectivity index (χ2n) is 9.35. The van der Waals surface area contributed by atoms with Gasteiger partial charge in [0.05, 0.1) is 0 Å². The number of ether oxygens (including phenoxy) is 1. The molecule has 0 aromatic heterocycles. The van der Waals surface area contributed by atoms with E-state index in [1.54, 1.807) is 0 Å². The summed E-state index contributed by atoms with van der Waals surface area (Å²) >= 11 is 0. The third-order valence-corrected chi connectivity index (χ3v) is 7.21. The Kier molecular flexibility index (Phi) is 8.40. The Morgan fingerprint density at radius 1 is 0.839 bits per heavy atom. The molecule has 0 amide bonds. The maximum Gasteiger partial charge on any atom is 0.573 e. The summed E-state index contributed by atoms with van der Waals surface area (Å²) in [5, 5.41) is 0. The quantitative estimate of drug-likeness (QED) is 0.302. The Morgan fingerprint density at radius 2 is 1.32 bits per heavy atom. The monoisotopic (exact) mass is 444 g/mol. The second-order valence-corrected chi connectivity index (χ2v) is 9.35. The number of alkyl halides is 3. The third-order valence-electron chi connectivity index (χ3n) is 7.21.